The van der Waals surface area contributed by atoms with Crippen LogP contribution in [-0.4, -0.2) is 30.6 Å². The van der Waals surface area contributed by atoms with Crippen molar-refractivity contribution in [2.24, 2.45) is 5.73 Å². The normalized spacial score (nSPS) is 19.1. The van der Waals surface area contributed by atoms with Gasteiger partial charge in [-0.3, -0.25) is 4.90 Å². The van der Waals surface area contributed by atoms with Crippen molar-refractivity contribution in [1.29, 1.82) is 0 Å². The first-order valence-corrected chi connectivity index (χ1v) is 6.47. The molecule has 2 rings (SSSR count). The summed E-state index contributed by atoms with van der Waals surface area (Å²) in [5, 5.41) is 0.471. The molecule has 100 valence electrons. The molecule has 1 aliphatic heterocycles. The topological polar surface area (TPSA) is 29.3 Å². The number of nitrogens with two attached hydrogens (primary N) is 1. The van der Waals surface area contributed by atoms with Crippen molar-refractivity contribution in [3.63, 3.8) is 0 Å². The summed E-state index contributed by atoms with van der Waals surface area (Å²) < 4.78 is 28.1. The number of hydrogen-bond acceptors (Lipinski definition) is 2. The molecule has 0 bridgehead atoms. The largest absolute Gasteiger partial charge is 0.328 e. The number of nitrogens with zero attached hydrogens (tertiary/aromatic N) is 1. The van der Waals surface area contributed by atoms with Crippen LogP contribution in [0.15, 0.2) is 24.3 Å². The maximum atomic E-state index is 14.1. The number of hydrogen-bond donors (Lipinski definition) is 1. The standard InChI is InChI=1S/C13H17ClF2N2/c14-11-3-1-10(2-4-11)13(15,16)9-18-7-5-12(17)6-8-18/h1-4,12H,5-9,17H2. The van der Waals surface area contributed by atoms with Gasteiger partial charge in [-0.05, 0) is 38.1 Å². The zero-order valence-corrected chi connectivity index (χ0v) is 10.8. The number of rotatable bonds is 3. The van der Waals surface area contributed by atoms with E-state index in [0.29, 0.717) is 18.1 Å². The van der Waals surface area contributed by atoms with E-state index >= 15 is 0 Å². The molecule has 0 saturated carbocycles. The highest BCUT2D eigenvalue weighted by molar-refractivity contribution is 6.30. The van der Waals surface area contributed by atoms with Crippen LogP contribution in [0, 0.1) is 0 Å². The van der Waals surface area contributed by atoms with Gasteiger partial charge in [-0.2, -0.15) is 8.78 Å². The van der Waals surface area contributed by atoms with Gasteiger partial charge >= 0.3 is 0 Å². The Kier molecular flexibility index (Phi) is 4.20. The average molecular weight is 275 g/mol. The molecule has 18 heavy (non-hydrogen) atoms. The quantitative estimate of drug-likeness (QED) is 0.918. The molecule has 1 heterocycles. The second-order valence-corrected chi connectivity index (χ2v) is 5.26. The number of alkyl halides is 2. The van der Waals surface area contributed by atoms with E-state index in [1.165, 1.54) is 24.3 Å². The lowest BCUT2D eigenvalue weighted by Crippen LogP contribution is -2.44. The molecule has 5 heteroatoms. The minimum atomic E-state index is -2.84. The third-order valence-electron chi connectivity index (χ3n) is 3.32. The lowest BCUT2D eigenvalue weighted by molar-refractivity contribution is -0.0424. The Morgan fingerprint density at radius 1 is 1.22 bits per heavy atom. The van der Waals surface area contributed by atoms with Crippen molar-refractivity contribution < 1.29 is 8.78 Å². The summed E-state index contributed by atoms with van der Waals surface area (Å²) >= 11 is 5.70. The summed E-state index contributed by atoms with van der Waals surface area (Å²) in [7, 11) is 0. The van der Waals surface area contributed by atoms with Gasteiger partial charge in [0.15, 0.2) is 0 Å². The van der Waals surface area contributed by atoms with Crippen molar-refractivity contribution in [3.8, 4) is 0 Å². The van der Waals surface area contributed by atoms with E-state index in [1.54, 1.807) is 4.90 Å². The van der Waals surface area contributed by atoms with Crippen LogP contribution in [-0.2, 0) is 5.92 Å². The fraction of sp³-hybridized carbons (Fsp3) is 0.538. The van der Waals surface area contributed by atoms with Crippen LogP contribution in [0.3, 0.4) is 0 Å². The molecule has 1 fully saturated rings. The van der Waals surface area contributed by atoms with Gasteiger partial charge in [0.25, 0.3) is 5.92 Å². The van der Waals surface area contributed by atoms with Crippen molar-refractivity contribution in [2.75, 3.05) is 19.6 Å². The summed E-state index contributed by atoms with van der Waals surface area (Å²) in [6, 6.07) is 5.93. The Bertz CT molecular complexity index is 386. The monoisotopic (exact) mass is 274 g/mol. The van der Waals surface area contributed by atoms with Crippen LogP contribution in [0.25, 0.3) is 0 Å². The van der Waals surface area contributed by atoms with Crippen LogP contribution < -0.4 is 5.73 Å². The fourth-order valence-corrected chi connectivity index (χ4v) is 2.30. The summed E-state index contributed by atoms with van der Waals surface area (Å²) in [5.41, 5.74) is 5.78. The lowest BCUT2D eigenvalue weighted by Gasteiger charge is -2.32. The van der Waals surface area contributed by atoms with Crippen molar-refractivity contribution in [2.45, 2.75) is 24.8 Å². The highest BCUT2D eigenvalue weighted by Gasteiger charge is 2.34. The minimum absolute atomic E-state index is 0.0155. The SMILES string of the molecule is NC1CCN(CC(F)(F)c2ccc(Cl)cc2)CC1. The maximum absolute atomic E-state index is 14.1. The maximum Gasteiger partial charge on any atom is 0.285 e. The molecule has 2 nitrogen and oxygen atoms in total. The van der Waals surface area contributed by atoms with Crippen LogP contribution >= 0.6 is 11.6 Å². The first-order valence-electron chi connectivity index (χ1n) is 6.09. The second kappa shape index (κ2) is 5.51. The van der Waals surface area contributed by atoms with Gasteiger partial charge < -0.3 is 5.73 Å². The first kappa shape index (κ1) is 13.7. The molecule has 1 aromatic rings. The van der Waals surface area contributed by atoms with Crippen LogP contribution in [0.2, 0.25) is 5.02 Å². The number of piperidine rings is 1. The zero-order valence-electron chi connectivity index (χ0n) is 10.1. The molecular weight excluding hydrogens is 258 g/mol. The average Bonchev–Trinajstić information content (AvgIpc) is 2.32. The Balaban J connectivity index is 2.00. The third kappa shape index (κ3) is 3.40. The molecule has 0 radical (unpaired) electrons. The molecule has 1 aliphatic rings. The van der Waals surface area contributed by atoms with Crippen LogP contribution in [0.1, 0.15) is 18.4 Å². The Hall–Kier alpha value is -0.710. The van der Waals surface area contributed by atoms with E-state index in [1.807, 2.05) is 0 Å². The van der Waals surface area contributed by atoms with E-state index in [9.17, 15) is 8.78 Å². The number of benzene rings is 1. The molecule has 2 N–H and O–H groups in total. The lowest BCUT2D eigenvalue weighted by atomic mass is 10.0. The van der Waals surface area contributed by atoms with E-state index in [4.69, 9.17) is 17.3 Å². The predicted octanol–water partition coefficient (Wildman–Crippen LogP) is 2.85. The van der Waals surface area contributed by atoms with Crippen molar-refractivity contribution >= 4 is 11.6 Å². The highest BCUT2D eigenvalue weighted by Crippen LogP contribution is 2.30. The van der Waals surface area contributed by atoms with E-state index in [2.05, 4.69) is 0 Å². The van der Waals surface area contributed by atoms with Gasteiger partial charge in [-0.1, -0.05) is 23.7 Å². The Labute approximate surface area is 111 Å². The smallest absolute Gasteiger partial charge is 0.285 e. The van der Waals surface area contributed by atoms with Gasteiger partial charge in [0, 0.05) is 16.6 Å². The third-order valence-corrected chi connectivity index (χ3v) is 3.57. The number of halogens is 3. The number of likely N-dealkylation sites (tertiary alicyclic amines) is 1. The Morgan fingerprint density at radius 3 is 2.33 bits per heavy atom. The molecule has 0 aliphatic carbocycles. The molecule has 0 amide bonds. The minimum Gasteiger partial charge on any atom is -0.328 e. The van der Waals surface area contributed by atoms with E-state index in [-0.39, 0.29) is 18.2 Å². The summed E-state index contributed by atoms with van der Waals surface area (Å²) in [4.78, 5) is 1.78. The molecule has 0 atom stereocenters. The molecule has 1 aromatic carbocycles. The molecule has 1 saturated heterocycles. The summed E-state index contributed by atoms with van der Waals surface area (Å²) in [6.07, 6.45) is 1.58. The highest BCUT2D eigenvalue weighted by atomic mass is 35.5. The van der Waals surface area contributed by atoms with Crippen LogP contribution in [0.5, 0.6) is 0 Å². The second-order valence-electron chi connectivity index (χ2n) is 4.82. The van der Waals surface area contributed by atoms with Gasteiger partial charge in [0.2, 0.25) is 0 Å². The zero-order chi connectivity index (χ0) is 13.2. The van der Waals surface area contributed by atoms with Crippen molar-refractivity contribution in [1.82, 2.24) is 4.90 Å². The van der Waals surface area contributed by atoms with Gasteiger partial charge in [-0.15, -0.1) is 0 Å². The van der Waals surface area contributed by atoms with E-state index < -0.39 is 5.92 Å². The van der Waals surface area contributed by atoms with E-state index in [0.717, 1.165) is 12.8 Å². The van der Waals surface area contributed by atoms with Gasteiger partial charge in [0.05, 0.1) is 6.54 Å². The van der Waals surface area contributed by atoms with Gasteiger partial charge in [-0.25, -0.2) is 0 Å². The van der Waals surface area contributed by atoms with Crippen molar-refractivity contribution in [3.05, 3.63) is 34.9 Å². The predicted molar refractivity (Wildman–Crippen MR) is 69.0 cm³/mol. The fourth-order valence-electron chi connectivity index (χ4n) is 2.18. The molecular formula is C13H17ClF2N2. The molecule has 0 unspecified atom stereocenters. The molecule has 0 spiro atoms. The Morgan fingerprint density at radius 2 is 1.78 bits per heavy atom. The van der Waals surface area contributed by atoms with Gasteiger partial charge in [0.1, 0.15) is 0 Å². The summed E-state index contributed by atoms with van der Waals surface area (Å²) in [5.74, 6) is -2.84. The molecule has 0 aromatic heterocycles. The summed E-state index contributed by atoms with van der Waals surface area (Å²) in [6.45, 7) is 1.04. The van der Waals surface area contributed by atoms with Crippen LogP contribution in [0.4, 0.5) is 8.78 Å². The first-order chi connectivity index (χ1) is 8.47.